The zero-order valence-electron chi connectivity index (χ0n) is 10.7. The first kappa shape index (κ1) is 12.7. The molecule has 0 aromatic heterocycles. The highest BCUT2D eigenvalue weighted by atomic mass is 35.5. The fourth-order valence-electron chi connectivity index (χ4n) is 2.42. The van der Waals surface area contributed by atoms with E-state index in [2.05, 4.69) is 23.5 Å². The van der Waals surface area contributed by atoms with Gasteiger partial charge in [0.2, 0.25) is 0 Å². The number of hydrogen-bond donors (Lipinski definition) is 1. The standard InChI is InChI=1S/C14H21ClN2/c1-17(2)14-7-6-11(10-13(14)15)9-12-5-3-4-8-16-12/h6-7,10,12,16H,3-5,8-9H2,1-2H3. The second-order valence-electron chi connectivity index (χ2n) is 5.03. The number of hydrogen-bond acceptors (Lipinski definition) is 2. The number of piperidine rings is 1. The molecule has 1 fully saturated rings. The van der Waals surface area contributed by atoms with Crippen LogP contribution in [-0.4, -0.2) is 26.7 Å². The topological polar surface area (TPSA) is 15.3 Å². The predicted octanol–water partition coefficient (Wildman–Crippen LogP) is 3.09. The molecule has 1 aromatic carbocycles. The minimum absolute atomic E-state index is 0.630. The Hall–Kier alpha value is -0.730. The number of benzene rings is 1. The summed E-state index contributed by atoms with van der Waals surface area (Å²) in [6.45, 7) is 1.16. The van der Waals surface area contributed by atoms with Gasteiger partial charge in [0.05, 0.1) is 10.7 Å². The van der Waals surface area contributed by atoms with E-state index in [1.807, 2.05) is 19.0 Å². The number of rotatable bonds is 3. The van der Waals surface area contributed by atoms with Crippen molar-refractivity contribution < 1.29 is 0 Å². The zero-order chi connectivity index (χ0) is 12.3. The van der Waals surface area contributed by atoms with Crippen LogP contribution in [-0.2, 0) is 6.42 Å². The van der Waals surface area contributed by atoms with Crippen molar-refractivity contribution in [1.82, 2.24) is 5.32 Å². The Morgan fingerprint density at radius 2 is 2.18 bits per heavy atom. The van der Waals surface area contributed by atoms with Crippen molar-refractivity contribution in [3.8, 4) is 0 Å². The van der Waals surface area contributed by atoms with E-state index in [0.29, 0.717) is 6.04 Å². The quantitative estimate of drug-likeness (QED) is 0.890. The normalized spacial score (nSPS) is 20.3. The highest BCUT2D eigenvalue weighted by Crippen LogP contribution is 2.26. The molecule has 1 heterocycles. The number of anilines is 1. The fraction of sp³-hybridized carbons (Fsp3) is 0.571. The van der Waals surface area contributed by atoms with Crippen LogP contribution in [0.4, 0.5) is 5.69 Å². The van der Waals surface area contributed by atoms with E-state index in [1.54, 1.807) is 0 Å². The number of nitrogens with one attached hydrogen (secondary N) is 1. The third-order valence-corrected chi connectivity index (χ3v) is 3.69. The van der Waals surface area contributed by atoms with Crippen LogP contribution in [0.25, 0.3) is 0 Å². The molecular formula is C14H21ClN2. The Balaban J connectivity index is 2.04. The average molecular weight is 253 g/mol. The highest BCUT2D eigenvalue weighted by Gasteiger charge is 2.13. The molecule has 0 amide bonds. The van der Waals surface area contributed by atoms with E-state index in [0.717, 1.165) is 23.7 Å². The maximum Gasteiger partial charge on any atom is 0.0642 e. The molecule has 2 nitrogen and oxygen atoms in total. The Kier molecular flexibility index (Phi) is 4.30. The summed E-state index contributed by atoms with van der Waals surface area (Å²) in [4.78, 5) is 2.05. The monoisotopic (exact) mass is 252 g/mol. The van der Waals surface area contributed by atoms with Gasteiger partial charge in [-0.3, -0.25) is 0 Å². The SMILES string of the molecule is CN(C)c1ccc(CC2CCCCN2)cc1Cl. The van der Waals surface area contributed by atoms with Crippen molar-refractivity contribution in [2.24, 2.45) is 0 Å². The Morgan fingerprint density at radius 3 is 2.76 bits per heavy atom. The van der Waals surface area contributed by atoms with Crippen LogP contribution in [0.3, 0.4) is 0 Å². The van der Waals surface area contributed by atoms with Crippen molar-refractivity contribution in [2.45, 2.75) is 31.7 Å². The van der Waals surface area contributed by atoms with E-state index >= 15 is 0 Å². The van der Waals surface area contributed by atoms with Crippen LogP contribution in [0.2, 0.25) is 5.02 Å². The summed E-state index contributed by atoms with van der Waals surface area (Å²) in [5.41, 5.74) is 2.42. The summed E-state index contributed by atoms with van der Waals surface area (Å²) in [5.74, 6) is 0. The van der Waals surface area contributed by atoms with Crippen LogP contribution in [0.5, 0.6) is 0 Å². The molecular weight excluding hydrogens is 232 g/mol. The van der Waals surface area contributed by atoms with E-state index in [9.17, 15) is 0 Å². The molecule has 0 radical (unpaired) electrons. The molecule has 0 saturated carbocycles. The van der Waals surface area contributed by atoms with Gasteiger partial charge in [-0.1, -0.05) is 24.1 Å². The first-order valence-electron chi connectivity index (χ1n) is 6.36. The molecule has 1 saturated heterocycles. The van der Waals surface area contributed by atoms with Gasteiger partial charge in [-0.15, -0.1) is 0 Å². The molecule has 1 aliphatic rings. The van der Waals surface area contributed by atoms with Crippen molar-refractivity contribution in [3.63, 3.8) is 0 Å². The lowest BCUT2D eigenvalue weighted by molar-refractivity contribution is 0.399. The van der Waals surface area contributed by atoms with E-state index in [1.165, 1.54) is 24.8 Å². The maximum absolute atomic E-state index is 6.28. The summed E-state index contributed by atoms with van der Waals surface area (Å²) < 4.78 is 0. The smallest absolute Gasteiger partial charge is 0.0642 e. The highest BCUT2D eigenvalue weighted by molar-refractivity contribution is 6.33. The van der Waals surface area contributed by atoms with Crippen LogP contribution in [0.15, 0.2) is 18.2 Å². The first-order valence-corrected chi connectivity index (χ1v) is 6.74. The molecule has 1 unspecified atom stereocenters. The van der Waals surface area contributed by atoms with E-state index in [4.69, 9.17) is 11.6 Å². The summed E-state index contributed by atoms with van der Waals surface area (Å²) >= 11 is 6.28. The molecule has 2 rings (SSSR count). The number of halogens is 1. The lowest BCUT2D eigenvalue weighted by atomic mass is 9.98. The van der Waals surface area contributed by atoms with Gasteiger partial charge in [0.25, 0.3) is 0 Å². The minimum atomic E-state index is 0.630. The third kappa shape index (κ3) is 3.36. The molecule has 1 N–H and O–H groups in total. The van der Waals surface area contributed by atoms with Crippen molar-refractivity contribution in [2.75, 3.05) is 25.5 Å². The molecule has 3 heteroatoms. The van der Waals surface area contributed by atoms with Gasteiger partial charge in [0, 0.05) is 20.1 Å². The maximum atomic E-state index is 6.28. The second-order valence-corrected chi connectivity index (χ2v) is 5.44. The largest absolute Gasteiger partial charge is 0.376 e. The van der Waals surface area contributed by atoms with Crippen molar-refractivity contribution >= 4 is 17.3 Å². The Labute approximate surface area is 109 Å². The van der Waals surface area contributed by atoms with E-state index < -0.39 is 0 Å². The van der Waals surface area contributed by atoms with Gasteiger partial charge in [0.15, 0.2) is 0 Å². The van der Waals surface area contributed by atoms with Crippen LogP contribution in [0, 0.1) is 0 Å². The Morgan fingerprint density at radius 1 is 1.35 bits per heavy atom. The minimum Gasteiger partial charge on any atom is -0.376 e. The summed E-state index contributed by atoms with van der Waals surface area (Å²) in [6, 6.07) is 7.04. The van der Waals surface area contributed by atoms with Gasteiger partial charge in [-0.2, -0.15) is 0 Å². The average Bonchev–Trinajstić information content (AvgIpc) is 2.30. The molecule has 0 spiro atoms. The molecule has 1 aliphatic heterocycles. The van der Waals surface area contributed by atoms with E-state index in [-0.39, 0.29) is 0 Å². The fourth-order valence-corrected chi connectivity index (χ4v) is 2.79. The first-order chi connectivity index (χ1) is 8.16. The van der Waals surface area contributed by atoms with Gasteiger partial charge in [-0.05, 0) is 43.5 Å². The van der Waals surface area contributed by atoms with Gasteiger partial charge in [-0.25, -0.2) is 0 Å². The second kappa shape index (κ2) is 5.74. The van der Waals surface area contributed by atoms with Crippen LogP contribution in [0.1, 0.15) is 24.8 Å². The summed E-state index contributed by atoms with van der Waals surface area (Å²) in [5, 5.41) is 4.42. The summed E-state index contributed by atoms with van der Waals surface area (Å²) in [6.07, 6.45) is 5.04. The lowest BCUT2D eigenvalue weighted by Gasteiger charge is -2.24. The lowest BCUT2D eigenvalue weighted by Crippen LogP contribution is -2.35. The van der Waals surface area contributed by atoms with Crippen LogP contribution < -0.4 is 10.2 Å². The summed E-state index contributed by atoms with van der Waals surface area (Å²) in [7, 11) is 4.03. The molecule has 94 valence electrons. The van der Waals surface area contributed by atoms with Crippen molar-refractivity contribution in [1.29, 1.82) is 0 Å². The molecule has 1 atom stereocenters. The number of nitrogens with zero attached hydrogens (tertiary/aromatic N) is 1. The van der Waals surface area contributed by atoms with Gasteiger partial charge < -0.3 is 10.2 Å². The van der Waals surface area contributed by atoms with Gasteiger partial charge in [0.1, 0.15) is 0 Å². The van der Waals surface area contributed by atoms with Gasteiger partial charge >= 0.3 is 0 Å². The molecule has 1 aromatic rings. The third-order valence-electron chi connectivity index (χ3n) is 3.39. The molecule has 17 heavy (non-hydrogen) atoms. The van der Waals surface area contributed by atoms with Crippen LogP contribution >= 0.6 is 11.6 Å². The molecule has 0 bridgehead atoms. The predicted molar refractivity (Wildman–Crippen MR) is 75.1 cm³/mol. The zero-order valence-corrected chi connectivity index (χ0v) is 11.4. The van der Waals surface area contributed by atoms with Crippen molar-refractivity contribution in [3.05, 3.63) is 28.8 Å². The molecule has 0 aliphatic carbocycles. The Bertz CT molecular complexity index is 370.